The summed E-state index contributed by atoms with van der Waals surface area (Å²) in [6.07, 6.45) is 2.18. The number of benzene rings is 1. The second-order valence-corrected chi connectivity index (χ2v) is 8.24. The summed E-state index contributed by atoms with van der Waals surface area (Å²) in [5.74, 6) is 0.314. The second kappa shape index (κ2) is 8.11. The maximum Gasteiger partial charge on any atom is 0.410 e. The summed E-state index contributed by atoms with van der Waals surface area (Å²) >= 11 is 0. The highest BCUT2D eigenvalue weighted by molar-refractivity contribution is 5.97. The average molecular weight is 360 g/mol. The zero-order valence-corrected chi connectivity index (χ0v) is 16.9. The predicted octanol–water partition coefficient (Wildman–Crippen LogP) is 4.67. The summed E-state index contributed by atoms with van der Waals surface area (Å²) in [4.78, 5) is 27.3. The molecule has 1 fully saturated rings. The number of hydrogen-bond donors (Lipinski definition) is 1. The zero-order chi connectivity index (χ0) is 19.5. The van der Waals surface area contributed by atoms with Crippen LogP contribution in [0.1, 0.15) is 58.1 Å². The first-order valence-corrected chi connectivity index (χ1v) is 9.49. The third kappa shape index (κ3) is 4.99. The van der Waals surface area contributed by atoms with E-state index >= 15 is 0 Å². The smallest absolute Gasteiger partial charge is 0.410 e. The molecule has 2 atom stereocenters. The SMILES string of the molecule is CC[C@@H]1CCN(C(=O)OC(C)(C)C)[C@H](C(=O)Nc2c(C)cccc2C)C1. The van der Waals surface area contributed by atoms with Crippen molar-refractivity contribution >= 4 is 17.7 Å². The normalized spacial score (nSPS) is 20.6. The Balaban J connectivity index is 2.21. The van der Waals surface area contributed by atoms with Gasteiger partial charge in [-0.2, -0.15) is 0 Å². The maximum atomic E-state index is 13.1. The minimum Gasteiger partial charge on any atom is -0.444 e. The van der Waals surface area contributed by atoms with Crippen LogP contribution in [0, 0.1) is 19.8 Å². The molecule has 1 aliphatic heterocycles. The number of carbonyl (C=O) groups excluding carboxylic acids is 2. The van der Waals surface area contributed by atoms with Crippen LogP contribution < -0.4 is 5.32 Å². The number of piperidine rings is 1. The van der Waals surface area contributed by atoms with Crippen LogP contribution in [0.3, 0.4) is 0 Å². The molecule has 0 bridgehead atoms. The number of ether oxygens (including phenoxy) is 1. The molecule has 0 aliphatic carbocycles. The molecule has 0 aromatic heterocycles. The second-order valence-electron chi connectivity index (χ2n) is 8.24. The van der Waals surface area contributed by atoms with Crippen molar-refractivity contribution in [2.75, 3.05) is 11.9 Å². The summed E-state index contributed by atoms with van der Waals surface area (Å²) in [6, 6.07) is 5.43. The minimum atomic E-state index is -0.577. The molecule has 1 aromatic carbocycles. The van der Waals surface area contributed by atoms with Gasteiger partial charge in [0, 0.05) is 12.2 Å². The Morgan fingerprint density at radius 2 is 1.85 bits per heavy atom. The monoisotopic (exact) mass is 360 g/mol. The number of para-hydroxylation sites is 1. The van der Waals surface area contributed by atoms with E-state index < -0.39 is 17.7 Å². The minimum absolute atomic E-state index is 0.133. The van der Waals surface area contributed by atoms with Crippen molar-refractivity contribution < 1.29 is 14.3 Å². The van der Waals surface area contributed by atoms with E-state index in [9.17, 15) is 9.59 Å². The number of anilines is 1. The fraction of sp³-hybridized carbons (Fsp3) is 0.619. The molecule has 0 spiro atoms. The van der Waals surface area contributed by atoms with Gasteiger partial charge in [-0.25, -0.2) is 4.79 Å². The molecule has 5 nitrogen and oxygen atoms in total. The Hall–Kier alpha value is -2.04. The largest absolute Gasteiger partial charge is 0.444 e. The molecule has 0 radical (unpaired) electrons. The van der Waals surface area contributed by atoms with Crippen molar-refractivity contribution in [2.45, 2.75) is 72.4 Å². The number of carbonyl (C=O) groups is 2. The summed E-state index contributed by atoms with van der Waals surface area (Å²) in [5, 5.41) is 3.05. The van der Waals surface area contributed by atoms with Crippen molar-refractivity contribution in [1.29, 1.82) is 0 Å². The molecule has 144 valence electrons. The molecular formula is C21H32N2O3. The van der Waals surface area contributed by atoms with Crippen molar-refractivity contribution in [3.05, 3.63) is 29.3 Å². The Bertz CT molecular complexity index is 643. The highest BCUT2D eigenvalue weighted by Crippen LogP contribution is 2.29. The number of aryl methyl sites for hydroxylation is 2. The highest BCUT2D eigenvalue weighted by Gasteiger charge is 2.38. The number of nitrogens with zero attached hydrogens (tertiary/aromatic N) is 1. The first-order chi connectivity index (χ1) is 12.1. The molecule has 5 heteroatoms. The molecular weight excluding hydrogens is 328 g/mol. The van der Waals surface area contributed by atoms with Crippen LogP contribution in [0.5, 0.6) is 0 Å². The van der Waals surface area contributed by atoms with Crippen LogP contribution >= 0.6 is 0 Å². The van der Waals surface area contributed by atoms with Crippen LogP contribution in [-0.2, 0) is 9.53 Å². The first-order valence-electron chi connectivity index (χ1n) is 9.49. The summed E-state index contributed by atoms with van der Waals surface area (Å²) in [5.41, 5.74) is 2.29. The number of likely N-dealkylation sites (tertiary alicyclic amines) is 1. The van der Waals surface area contributed by atoms with E-state index in [1.807, 2.05) is 52.8 Å². The fourth-order valence-corrected chi connectivity index (χ4v) is 3.41. The van der Waals surface area contributed by atoms with Crippen LogP contribution in [0.4, 0.5) is 10.5 Å². The van der Waals surface area contributed by atoms with Crippen LogP contribution in [-0.4, -0.2) is 35.1 Å². The average Bonchev–Trinajstić information content (AvgIpc) is 2.56. The van der Waals surface area contributed by atoms with Crippen molar-refractivity contribution in [2.24, 2.45) is 5.92 Å². The molecule has 0 saturated carbocycles. The van der Waals surface area contributed by atoms with E-state index in [1.165, 1.54) is 0 Å². The van der Waals surface area contributed by atoms with E-state index in [0.717, 1.165) is 29.7 Å². The van der Waals surface area contributed by atoms with E-state index in [0.29, 0.717) is 18.9 Å². The van der Waals surface area contributed by atoms with Crippen LogP contribution in [0.25, 0.3) is 0 Å². The summed E-state index contributed by atoms with van der Waals surface area (Å²) in [7, 11) is 0. The van der Waals surface area contributed by atoms with Gasteiger partial charge in [0.15, 0.2) is 0 Å². The zero-order valence-electron chi connectivity index (χ0n) is 16.9. The molecule has 1 saturated heterocycles. The van der Waals surface area contributed by atoms with Gasteiger partial charge in [-0.15, -0.1) is 0 Å². The maximum absolute atomic E-state index is 13.1. The van der Waals surface area contributed by atoms with Crippen LogP contribution in [0.2, 0.25) is 0 Å². The van der Waals surface area contributed by atoms with Gasteiger partial charge < -0.3 is 10.1 Å². The van der Waals surface area contributed by atoms with E-state index in [1.54, 1.807) is 4.90 Å². The third-order valence-corrected chi connectivity index (χ3v) is 4.95. The number of rotatable bonds is 3. The van der Waals surface area contributed by atoms with Crippen LogP contribution in [0.15, 0.2) is 18.2 Å². The molecule has 1 N–H and O–H groups in total. The molecule has 1 aliphatic rings. The fourth-order valence-electron chi connectivity index (χ4n) is 3.41. The lowest BCUT2D eigenvalue weighted by atomic mass is 9.88. The van der Waals surface area contributed by atoms with Gasteiger partial charge in [0.05, 0.1) is 0 Å². The standard InChI is InChI=1S/C21H32N2O3/c1-7-16-11-12-23(20(25)26-21(4,5)6)17(13-16)19(24)22-18-14(2)9-8-10-15(18)3/h8-10,16-17H,7,11-13H2,1-6H3,(H,22,24)/t16-,17+/m1/s1. The van der Waals surface area contributed by atoms with Gasteiger partial charge >= 0.3 is 6.09 Å². The van der Waals surface area contributed by atoms with Gasteiger partial charge in [-0.05, 0) is 64.5 Å². The molecule has 1 heterocycles. The third-order valence-electron chi connectivity index (χ3n) is 4.95. The lowest BCUT2D eigenvalue weighted by Gasteiger charge is -2.39. The Morgan fingerprint density at radius 1 is 1.23 bits per heavy atom. The summed E-state index contributed by atoms with van der Waals surface area (Å²) in [6.45, 7) is 12.2. The number of amides is 2. The first kappa shape index (κ1) is 20.3. The van der Waals surface area contributed by atoms with Crippen molar-refractivity contribution in [3.8, 4) is 0 Å². The molecule has 0 unspecified atom stereocenters. The topological polar surface area (TPSA) is 58.6 Å². The summed E-state index contributed by atoms with van der Waals surface area (Å²) < 4.78 is 5.53. The molecule has 2 rings (SSSR count). The van der Waals surface area contributed by atoms with Gasteiger partial charge in [0.2, 0.25) is 5.91 Å². The molecule has 1 aromatic rings. The Kier molecular flexibility index (Phi) is 6.32. The quantitative estimate of drug-likeness (QED) is 0.852. The van der Waals surface area contributed by atoms with Gasteiger partial charge in [0.25, 0.3) is 0 Å². The van der Waals surface area contributed by atoms with Gasteiger partial charge in [-0.3, -0.25) is 9.69 Å². The van der Waals surface area contributed by atoms with E-state index in [2.05, 4.69) is 12.2 Å². The highest BCUT2D eigenvalue weighted by atomic mass is 16.6. The Morgan fingerprint density at radius 3 is 2.38 bits per heavy atom. The lowest BCUT2D eigenvalue weighted by Crippen LogP contribution is -2.53. The predicted molar refractivity (Wildman–Crippen MR) is 104 cm³/mol. The lowest BCUT2D eigenvalue weighted by molar-refractivity contribution is -0.123. The number of hydrogen-bond acceptors (Lipinski definition) is 3. The van der Waals surface area contributed by atoms with Gasteiger partial charge in [-0.1, -0.05) is 31.5 Å². The van der Waals surface area contributed by atoms with E-state index in [4.69, 9.17) is 4.74 Å². The Labute approximate surface area is 157 Å². The van der Waals surface area contributed by atoms with Crippen molar-refractivity contribution in [1.82, 2.24) is 4.90 Å². The van der Waals surface area contributed by atoms with Crippen molar-refractivity contribution in [3.63, 3.8) is 0 Å². The molecule has 2 amide bonds. The van der Waals surface area contributed by atoms with E-state index in [-0.39, 0.29) is 5.91 Å². The van der Waals surface area contributed by atoms with Gasteiger partial charge in [0.1, 0.15) is 11.6 Å². The molecule has 26 heavy (non-hydrogen) atoms. The number of nitrogens with one attached hydrogen (secondary N) is 1.